The Morgan fingerprint density at radius 3 is 2.30 bits per heavy atom. The molecule has 20 heavy (non-hydrogen) atoms. The minimum Gasteiger partial charge on any atom is -0.340 e. The van der Waals surface area contributed by atoms with Gasteiger partial charge in [0.15, 0.2) is 0 Å². The van der Waals surface area contributed by atoms with Gasteiger partial charge in [-0.15, -0.1) is 0 Å². The highest BCUT2D eigenvalue weighted by Gasteiger charge is 2.30. The number of anilines is 1. The average Bonchev–Trinajstić information content (AvgIpc) is 2.38. The lowest BCUT2D eigenvalue weighted by molar-refractivity contribution is -0.890. The molecule has 1 fully saturated rings. The summed E-state index contributed by atoms with van der Waals surface area (Å²) in [6, 6.07) is 0.969. The molecule has 0 spiro atoms. The summed E-state index contributed by atoms with van der Waals surface area (Å²) in [7, 11) is 4.18. The van der Waals surface area contributed by atoms with Crippen molar-refractivity contribution in [3.05, 3.63) is 32.5 Å². The van der Waals surface area contributed by atoms with E-state index < -0.39 is 9.85 Å². The van der Waals surface area contributed by atoms with Crippen molar-refractivity contribution in [2.45, 2.75) is 0 Å². The summed E-state index contributed by atoms with van der Waals surface area (Å²) < 4.78 is 0.845. The summed E-state index contributed by atoms with van der Waals surface area (Å²) >= 11 is 0. The minimum absolute atomic E-state index is 0.209. The molecular weight excluding hydrogens is 266 g/mol. The number of likely N-dealkylation sites (N-methyl/N-ethyl adjacent to an activating group) is 1. The molecule has 2 heterocycles. The molecule has 108 valence electrons. The normalized spacial score (nSPS) is 17.8. The van der Waals surface area contributed by atoms with Gasteiger partial charge < -0.3 is 9.38 Å². The van der Waals surface area contributed by atoms with E-state index in [0.29, 0.717) is 13.1 Å². The molecule has 0 radical (unpaired) electrons. The van der Waals surface area contributed by atoms with Crippen molar-refractivity contribution in [2.24, 2.45) is 0 Å². The second-order valence-electron chi connectivity index (χ2n) is 5.42. The van der Waals surface area contributed by atoms with Crippen molar-refractivity contribution >= 4 is 17.2 Å². The number of quaternary nitrogens is 1. The average molecular weight is 282 g/mol. The van der Waals surface area contributed by atoms with Gasteiger partial charge >= 0.3 is 5.69 Å². The number of piperazine rings is 1. The minimum atomic E-state index is -0.681. The lowest BCUT2D eigenvalue weighted by Gasteiger charge is -2.39. The van der Waals surface area contributed by atoms with Crippen LogP contribution in [0.25, 0.3) is 0 Å². The molecule has 9 nitrogen and oxygen atoms in total. The number of aromatic nitrogens is 1. The Morgan fingerprint density at radius 1 is 1.20 bits per heavy atom. The lowest BCUT2D eigenvalue weighted by Crippen LogP contribution is -2.55. The predicted octanol–water partition coefficient (Wildman–Crippen LogP) is 0.794. The highest BCUT2D eigenvalue weighted by molar-refractivity contribution is 5.61. The molecule has 0 aliphatic carbocycles. The molecule has 0 N–H and O–H groups in total. The molecule has 0 unspecified atom stereocenters. The predicted molar refractivity (Wildman–Crippen MR) is 71.6 cm³/mol. The number of rotatable bonds is 3. The van der Waals surface area contributed by atoms with Gasteiger partial charge in [0.05, 0.1) is 56.2 Å². The molecule has 9 heteroatoms. The zero-order valence-corrected chi connectivity index (χ0v) is 11.4. The molecule has 0 amide bonds. The number of nitrogens with zero attached hydrogens (tertiary/aromatic N) is 5. The van der Waals surface area contributed by atoms with Crippen LogP contribution in [0.3, 0.4) is 0 Å². The van der Waals surface area contributed by atoms with E-state index >= 15 is 0 Å². The summed E-state index contributed by atoms with van der Waals surface area (Å²) in [5, 5.41) is 21.8. The van der Waals surface area contributed by atoms with E-state index in [1.165, 1.54) is 0 Å². The molecule has 2 rings (SSSR count). The molecule has 1 aliphatic rings. The summed E-state index contributed by atoms with van der Waals surface area (Å²) in [5.41, 5.74) is -0.681. The second kappa shape index (κ2) is 5.00. The maximum atomic E-state index is 11.1. The van der Waals surface area contributed by atoms with E-state index in [4.69, 9.17) is 0 Å². The van der Waals surface area contributed by atoms with Gasteiger partial charge in [-0.1, -0.05) is 0 Å². The number of hydrogen-bond acceptors (Lipinski definition) is 6. The van der Waals surface area contributed by atoms with Gasteiger partial charge in [-0.25, -0.2) is 4.98 Å². The molecule has 0 saturated carbocycles. The Hall–Kier alpha value is -2.29. The fraction of sp³-hybridized carbons (Fsp3) is 0.545. The van der Waals surface area contributed by atoms with Crippen molar-refractivity contribution in [2.75, 3.05) is 45.2 Å². The van der Waals surface area contributed by atoms with Crippen molar-refractivity contribution in [3.8, 4) is 0 Å². The maximum Gasteiger partial charge on any atom is 0.318 e. The first-order valence-corrected chi connectivity index (χ1v) is 6.16. The fourth-order valence-electron chi connectivity index (χ4n) is 2.13. The van der Waals surface area contributed by atoms with E-state index in [1.54, 1.807) is 0 Å². The Kier molecular flexibility index (Phi) is 3.53. The van der Waals surface area contributed by atoms with Gasteiger partial charge in [0.1, 0.15) is 6.20 Å². The van der Waals surface area contributed by atoms with Gasteiger partial charge in [0.2, 0.25) is 5.82 Å². The highest BCUT2D eigenvalue weighted by Crippen LogP contribution is 2.30. The Labute approximate surface area is 115 Å². The SMILES string of the molecule is C[N+]1(C)CCN(c2ncc([N+](=O)[O-])cc2[N+](=O)[O-])CC1. The zero-order valence-electron chi connectivity index (χ0n) is 11.4. The van der Waals surface area contributed by atoms with Crippen LogP contribution >= 0.6 is 0 Å². The number of hydrogen-bond donors (Lipinski definition) is 0. The Balaban J connectivity index is 2.32. The smallest absolute Gasteiger partial charge is 0.318 e. The van der Waals surface area contributed by atoms with Crippen molar-refractivity contribution in [3.63, 3.8) is 0 Å². The van der Waals surface area contributed by atoms with E-state index in [1.807, 2.05) is 4.90 Å². The summed E-state index contributed by atoms with van der Waals surface area (Å²) in [6.45, 7) is 2.96. The van der Waals surface area contributed by atoms with Crippen LogP contribution in [-0.2, 0) is 0 Å². The Morgan fingerprint density at radius 2 is 1.80 bits per heavy atom. The lowest BCUT2D eigenvalue weighted by atomic mass is 10.2. The molecular formula is C11H16N5O4+. The van der Waals surface area contributed by atoms with Crippen LogP contribution in [0, 0.1) is 20.2 Å². The van der Waals surface area contributed by atoms with Crippen LogP contribution in [0.2, 0.25) is 0 Å². The summed E-state index contributed by atoms with van der Waals surface area (Å²) in [6.07, 6.45) is 1.07. The van der Waals surface area contributed by atoms with Gasteiger partial charge in [-0.05, 0) is 0 Å². The Bertz CT molecular complexity index is 550. The molecule has 0 bridgehead atoms. The highest BCUT2D eigenvalue weighted by atomic mass is 16.6. The molecule has 0 aromatic carbocycles. The van der Waals surface area contributed by atoms with Gasteiger partial charge in [-0.2, -0.15) is 0 Å². The van der Waals surface area contributed by atoms with Crippen LogP contribution in [0.15, 0.2) is 12.3 Å². The van der Waals surface area contributed by atoms with Crippen molar-refractivity contribution in [1.29, 1.82) is 0 Å². The summed E-state index contributed by atoms with van der Waals surface area (Å²) in [5.74, 6) is 0.209. The third kappa shape index (κ3) is 2.82. The topological polar surface area (TPSA) is 102 Å². The molecule has 1 aliphatic heterocycles. The van der Waals surface area contributed by atoms with Crippen molar-refractivity contribution < 1.29 is 14.3 Å². The standard InChI is InChI=1S/C11H16N5O4/c1-16(2)5-3-13(4-6-16)11-10(15(19)20)7-9(8-12-11)14(17)18/h7-8H,3-6H2,1-2H3/q+1. The van der Waals surface area contributed by atoms with Crippen LogP contribution in [0.5, 0.6) is 0 Å². The monoisotopic (exact) mass is 282 g/mol. The third-order valence-corrected chi connectivity index (χ3v) is 3.49. The summed E-state index contributed by atoms with van der Waals surface area (Å²) in [4.78, 5) is 26.2. The largest absolute Gasteiger partial charge is 0.340 e. The first-order chi connectivity index (χ1) is 9.30. The first kappa shape index (κ1) is 14.1. The maximum absolute atomic E-state index is 11.1. The van der Waals surface area contributed by atoms with Crippen LogP contribution < -0.4 is 4.90 Å². The second-order valence-corrected chi connectivity index (χ2v) is 5.42. The quantitative estimate of drug-likeness (QED) is 0.461. The van der Waals surface area contributed by atoms with E-state index in [-0.39, 0.29) is 17.2 Å². The van der Waals surface area contributed by atoms with Gasteiger partial charge in [-0.3, -0.25) is 20.2 Å². The van der Waals surface area contributed by atoms with Crippen LogP contribution in [0.4, 0.5) is 17.2 Å². The zero-order chi connectivity index (χ0) is 14.9. The van der Waals surface area contributed by atoms with E-state index in [0.717, 1.165) is 29.8 Å². The fourth-order valence-corrected chi connectivity index (χ4v) is 2.13. The number of nitro groups is 2. The van der Waals surface area contributed by atoms with E-state index in [9.17, 15) is 20.2 Å². The van der Waals surface area contributed by atoms with Crippen LogP contribution in [0.1, 0.15) is 0 Å². The van der Waals surface area contributed by atoms with Gasteiger partial charge in [0, 0.05) is 0 Å². The first-order valence-electron chi connectivity index (χ1n) is 6.16. The van der Waals surface area contributed by atoms with Gasteiger partial charge in [0.25, 0.3) is 5.69 Å². The molecule has 1 aromatic heterocycles. The molecule has 1 saturated heterocycles. The molecule has 1 aromatic rings. The van der Waals surface area contributed by atoms with Crippen molar-refractivity contribution in [1.82, 2.24) is 4.98 Å². The number of pyridine rings is 1. The van der Waals surface area contributed by atoms with Crippen LogP contribution in [-0.4, -0.2) is 59.6 Å². The molecule has 0 atom stereocenters. The third-order valence-electron chi connectivity index (χ3n) is 3.49. The van der Waals surface area contributed by atoms with E-state index in [2.05, 4.69) is 19.1 Å².